The Balaban J connectivity index is 2.05. The van der Waals surface area contributed by atoms with Gasteiger partial charge in [-0.2, -0.15) is 0 Å². The van der Waals surface area contributed by atoms with E-state index < -0.39 is 23.7 Å². The number of Topliss-reactive ketones (excluding diaryl/α,β-unsaturated/α-hetero) is 1. The van der Waals surface area contributed by atoms with Gasteiger partial charge in [0.05, 0.1) is 7.11 Å². The maximum absolute atomic E-state index is 13.4. The van der Waals surface area contributed by atoms with Crippen molar-refractivity contribution in [3.8, 4) is 5.75 Å². The van der Waals surface area contributed by atoms with E-state index in [4.69, 9.17) is 9.47 Å². The van der Waals surface area contributed by atoms with Gasteiger partial charge in [-0.25, -0.2) is 9.18 Å². The van der Waals surface area contributed by atoms with Crippen LogP contribution in [-0.2, 0) is 9.53 Å². The summed E-state index contributed by atoms with van der Waals surface area (Å²) in [5.74, 6) is -1.85. The molecule has 2 aromatic rings. The summed E-state index contributed by atoms with van der Waals surface area (Å²) < 4.78 is 23.6. The van der Waals surface area contributed by atoms with Crippen molar-refractivity contribution < 1.29 is 28.2 Å². The molecule has 0 aromatic heterocycles. The minimum Gasteiger partial charge on any atom is -0.496 e. The van der Waals surface area contributed by atoms with Crippen molar-refractivity contribution in [2.45, 2.75) is 32.8 Å². The van der Waals surface area contributed by atoms with Crippen molar-refractivity contribution in [2.24, 2.45) is 0 Å². The smallest absolute Gasteiger partial charge is 0.342 e. The Hall–Kier alpha value is -3.22. The minimum atomic E-state index is -1.08. The first-order chi connectivity index (χ1) is 13.3. The molecular weight excluding hydrogens is 365 g/mol. The van der Waals surface area contributed by atoms with Gasteiger partial charge < -0.3 is 14.8 Å². The minimum absolute atomic E-state index is 0.101. The molecule has 6 nitrogen and oxygen atoms in total. The first kappa shape index (κ1) is 21.1. The predicted octanol–water partition coefficient (Wildman–Crippen LogP) is 4.00. The van der Waals surface area contributed by atoms with E-state index in [9.17, 15) is 18.8 Å². The van der Waals surface area contributed by atoms with E-state index in [-0.39, 0.29) is 17.2 Å². The van der Waals surface area contributed by atoms with Gasteiger partial charge in [0.25, 0.3) is 0 Å². The zero-order chi connectivity index (χ0) is 20.7. The fourth-order valence-electron chi connectivity index (χ4n) is 2.52. The van der Waals surface area contributed by atoms with Crippen LogP contribution in [0.25, 0.3) is 0 Å². The number of anilines is 1. The number of ketones is 1. The lowest BCUT2D eigenvalue weighted by atomic mass is 10.1. The monoisotopic (exact) mass is 387 g/mol. The van der Waals surface area contributed by atoms with Gasteiger partial charge in [0.2, 0.25) is 11.7 Å². The fraction of sp³-hybridized carbons (Fsp3) is 0.286. The number of methoxy groups -OCH3 is 1. The summed E-state index contributed by atoms with van der Waals surface area (Å²) in [6, 6.07) is 9.74. The highest BCUT2D eigenvalue weighted by Gasteiger charge is 2.23. The van der Waals surface area contributed by atoms with E-state index >= 15 is 0 Å². The Morgan fingerprint density at radius 2 is 1.79 bits per heavy atom. The van der Waals surface area contributed by atoms with E-state index in [1.54, 1.807) is 12.1 Å². The number of ether oxygens (including phenoxy) is 2. The average Bonchev–Trinajstić information content (AvgIpc) is 2.68. The second-order valence-electron chi connectivity index (χ2n) is 6.13. The standard InChI is InChI=1S/C21H22FNO5/c1-4-5-19(24)23-16-9-6-14(7-10-16)20(25)13(2)28-21(26)17-12-15(22)8-11-18(17)27-3/h6-13H,4-5H2,1-3H3,(H,23,24)/t13-/m0/s1. The SMILES string of the molecule is CCCC(=O)Nc1ccc(C(=O)[C@H](C)OC(=O)c2cc(F)ccc2OC)cc1. The number of carbonyl (C=O) groups is 3. The van der Waals surface area contributed by atoms with Crippen LogP contribution < -0.4 is 10.1 Å². The number of hydrogen-bond acceptors (Lipinski definition) is 5. The van der Waals surface area contributed by atoms with Crippen LogP contribution in [0.2, 0.25) is 0 Å². The third kappa shape index (κ3) is 5.39. The molecule has 0 bridgehead atoms. The summed E-state index contributed by atoms with van der Waals surface area (Å²) in [4.78, 5) is 36.4. The Morgan fingerprint density at radius 3 is 2.39 bits per heavy atom. The molecule has 0 fully saturated rings. The van der Waals surface area contributed by atoms with Crippen molar-refractivity contribution in [1.82, 2.24) is 0 Å². The molecule has 0 unspecified atom stereocenters. The molecule has 0 heterocycles. The number of hydrogen-bond donors (Lipinski definition) is 1. The third-order valence-corrected chi connectivity index (χ3v) is 3.96. The molecule has 2 rings (SSSR count). The largest absolute Gasteiger partial charge is 0.496 e. The van der Waals surface area contributed by atoms with Crippen LogP contribution in [0.3, 0.4) is 0 Å². The molecular formula is C21H22FNO5. The Labute approximate surface area is 162 Å². The number of rotatable bonds is 8. The highest BCUT2D eigenvalue weighted by atomic mass is 19.1. The maximum Gasteiger partial charge on any atom is 0.342 e. The van der Waals surface area contributed by atoms with Crippen molar-refractivity contribution in [1.29, 1.82) is 0 Å². The lowest BCUT2D eigenvalue weighted by Crippen LogP contribution is -2.24. The Kier molecular flexibility index (Phi) is 7.26. The first-order valence-corrected chi connectivity index (χ1v) is 8.84. The number of carbonyl (C=O) groups excluding carboxylic acids is 3. The van der Waals surface area contributed by atoms with Gasteiger partial charge in [-0.15, -0.1) is 0 Å². The van der Waals surface area contributed by atoms with Gasteiger partial charge in [-0.3, -0.25) is 9.59 Å². The number of amides is 1. The molecule has 1 N–H and O–H groups in total. The molecule has 0 spiro atoms. The third-order valence-electron chi connectivity index (χ3n) is 3.96. The fourth-order valence-corrected chi connectivity index (χ4v) is 2.52. The molecule has 0 aliphatic heterocycles. The average molecular weight is 387 g/mol. The van der Waals surface area contributed by atoms with Crippen LogP contribution in [0.4, 0.5) is 10.1 Å². The normalized spacial score (nSPS) is 11.4. The highest BCUT2D eigenvalue weighted by molar-refractivity contribution is 6.02. The van der Waals surface area contributed by atoms with Gasteiger partial charge in [-0.1, -0.05) is 6.92 Å². The zero-order valence-electron chi connectivity index (χ0n) is 16.0. The number of esters is 1. The van der Waals surface area contributed by atoms with Crippen molar-refractivity contribution in [2.75, 3.05) is 12.4 Å². The summed E-state index contributed by atoms with van der Waals surface area (Å²) in [7, 11) is 1.35. The summed E-state index contributed by atoms with van der Waals surface area (Å²) in [5.41, 5.74) is 0.792. The Bertz CT molecular complexity index is 864. The predicted molar refractivity (Wildman–Crippen MR) is 102 cm³/mol. The van der Waals surface area contributed by atoms with E-state index in [1.807, 2.05) is 6.92 Å². The van der Waals surface area contributed by atoms with E-state index in [0.29, 0.717) is 17.7 Å². The van der Waals surface area contributed by atoms with E-state index in [0.717, 1.165) is 18.6 Å². The first-order valence-electron chi connectivity index (χ1n) is 8.84. The molecule has 1 amide bonds. The van der Waals surface area contributed by atoms with Crippen LogP contribution in [-0.4, -0.2) is 30.9 Å². The number of benzene rings is 2. The maximum atomic E-state index is 13.4. The van der Waals surface area contributed by atoms with E-state index in [2.05, 4.69) is 5.32 Å². The van der Waals surface area contributed by atoms with Gasteiger partial charge in [-0.05, 0) is 55.8 Å². The van der Waals surface area contributed by atoms with Crippen LogP contribution in [0.15, 0.2) is 42.5 Å². The van der Waals surface area contributed by atoms with Crippen LogP contribution in [0.5, 0.6) is 5.75 Å². The van der Waals surface area contributed by atoms with Crippen molar-refractivity contribution >= 4 is 23.3 Å². The molecule has 0 aliphatic carbocycles. The topological polar surface area (TPSA) is 81.7 Å². The lowest BCUT2D eigenvalue weighted by Gasteiger charge is -2.14. The van der Waals surface area contributed by atoms with Crippen molar-refractivity contribution in [3.05, 3.63) is 59.4 Å². The summed E-state index contributed by atoms with van der Waals surface area (Å²) in [6.07, 6.45) is 0.0690. The molecule has 7 heteroatoms. The van der Waals surface area contributed by atoms with Gasteiger partial charge in [0.1, 0.15) is 17.1 Å². The molecule has 0 radical (unpaired) electrons. The van der Waals surface area contributed by atoms with Crippen LogP contribution >= 0.6 is 0 Å². The molecule has 148 valence electrons. The summed E-state index contributed by atoms with van der Waals surface area (Å²) in [5, 5.41) is 2.72. The molecule has 28 heavy (non-hydrogen) atoms. The molecule has 0 saturated carbocycles. The highest BCUT2D eigenvalue weighted by Crippen LogP contribution is 2.21. The molecule has 0 saturated heterocycles. The second-order valence-corrected chi connectivity index (χ2v) is 6.13. The summed E-state index contributed by atoms with van der Waals surface area (Å²) >= 11 is 0. The van der Waals surface area contributed by atoms with Gasteiger partial charge in [0, 0.05) is 17.7 Å². The van der Waals surface area contributed by atoms with Crippen LogP contribution in [0.1, 0.15) is 47.4 Å². The Morgan fingerprint density at radius 1 is 1.11 bits per heavy atom. The summed E-state index contributed by atoms with van der Waals surface area (Å²) in [6.45, 7) is 3.34. The second kappa shape index (κ2) is 9.64. The quantitative estimate of drug-likeness (QED) is 0.547. The van der Waals surface area contributed by atoms with Gasteiger partial charge in [0.15, 0.2) is 6.10 Å². The lowest BCUT2D eigenvalue weighted by molar-refractivity contribution is -0.116. The molecule has 1 atom stereocenters. The van der Waals surface area contributed by atoms with Crippen molar-refractivity contribution in [3.63, 3.8) is 0 Å². The van der Waals surface area contributed by atoms with Crippen LogP contribution in [0, 0.1) is 5.82 Å². The molecule has 2 aromatic carbocycles. The number of nitrogens with one attached hydrogen (secondary N) is 1. The molecule has 0 aliphatic rings. The number of halogens is 1. The van der Waals surface area contributed by atoms with E-state index in [1.165, 1.54) is 32.2 Å². The van der Waals surface area contributed by atoms with Gasteiger partial charge >= 0.3 is 5.97 Å². The zero-order valence-corrected chi connectivity index (χ0v) is 16.0.